The number of benzene rings is 1. The molecule has 1 N–H and O–H groups in total. The van der Waals surface area contributed by atoms with Gasteiger partial charge in [-0.15, -0.1) is 0 Å². The van der Waals surface area contributed by atoms with Crippen LogP contribution in [-0.2, 0) is 9.53 Å². The van der Waals surface area contributed by atoms with Gasteiger partial charge in [0.2, 0.25) is 0 Å². The summed E-state index contributed by atoms with van der Waals surface area (Å²) in [4.78, 5) is 11.9. The number of carbonyl (C=O) groups is 1. The zero-order valence-corrected chi connectivity index (χ0v) is 11.5. The van der Waals surface area contributed by atoms with Crippen molar-refractivity contribution in [2.75, 3.05) is 7.11 Å². The van der Waals surface area contributed by atoms with E-state index in [0.29, 0.717) is 11.6 Å². The first-order valence-electron chi connectivity index (χ1n) is 6.40. The lowest BCUT2D eigenvalue weighted by Crippen LogP contribution is -2.36. The highest BCUT2D eigenvalue weighted by Gasteiger charge is 2.26. The van der Waals surface area contributed by atoms with E-state index in [2.05, 4.69) is 5.32 Å². The van der Waals surface area contributed by atoms with Crippen LogP contribution in [0.25, 0.3) is 0 Å². The number of ether oxygens (including phenoxy) is 1. The molecule has 5 heteroatoms. The van der Waals surface area contributed by atoms with E-state index in [1.54, 1.807) is 6.07 Å². The number of esters is 1. The van der Waals surface area contributed by atoms with Gasteiger partial charge in [0.1, 0.15) is 11.9 Å². The second-order valence-corrected chi connectivity index (χ2v) is 5.18. The van der Waals surface area contributed by atoms with Crippen molar-refractivity contribution in [1.82, 2.24) is 5.32 Å². The SMILES string of the molecule is COC(=O)C(NC1CCCC1)c1ccc(F)c(Cl)c1. The first kappa shape index (κ1) is 14.3. The molecule has 0 aliphatic heterocycles. The maximum absolute atomic E-state index is 13.2. The van der Waals surface area contributed by atoms with Crippen molar-refractivity contribution in [2.24, 2.45) is 0 Å². The summed E-state index contributed by atoms with van der Waals surface area (Å²) in [6.45, 7) is 0. The molecule has 1 aliphatic carbocycles. The van der Waals surface area contributed by atoms with Gasteiger partial charge in [0.25, 0.3) is 0 Å². The fraction of sp³-hybridized carbons (Fsp3) is 0.500. The van der Waals surface area contributed by atoms with Crippen LogP contribution >= 0.6 is 11.6 Å². The molecular formula is C14H17ClFNO2. The van der Waals surface area contributed by atoms with E-state index in [1.807, 2.05) is 0 Å². The summed E-state index contributed by atoms with van der Waals surface area (Å²) in [5.41, 5.74) is 0.630. The van der Waals surface area contributed by atoms with Gasteiger partial charge in [-0.2, -0.15) is 0 Å². The quantitative estimate of drug-likeness (QED) is 0.863. The van der Waals surface area contributed by atoms with E-state index in [1.165, 1.54) is 19.2 Å². The number of methoxy groups -OCH3 is 1. The Morgan fingerprint density at radius 2 is 2.16 bits per heavy atom. The number of carbonyl (C=O) groups excluding carboxylic acids is 1. The van der Waals surface area contributed by atoms with Crippen LogP contribution in [0.1, 0.15) is 37.3 Å². The van der Waals surface area contributed by atoms with Crippen LogP contribution in [0.5, 0.6) is 0 Å². The molecule has 1 atom stereocenters. The summed E-state index contributed by atoms with van der Waals surface area (Å²) >= 11 is 5.77. The van der Waals surface area contributed by atoms with Gasteiger partial charge in [0.05, 0.1) is 12.1 Å². The Morgan fingerprint density at radius 1 is 1.47 bits per heavy atom. The van der Waals surface area contributed by atoms with Crippen molar-refractivity contribution < 1.29 is 13.9 Å². The molecule has 1 unspecified atom stereocenters. The van der Waals surface area contributed by atoms with E-state index < -0.39 is 11.9 Å². The molecular weight excluding hydrogens is 269 g/mol. The van der Waals surface area contributed by atoms with Gasteiger partial charge in [0, 0.05) is 6.04 Å². The maximum atomic E-state index is 13.2. The zero-order valence-electron chi connectivity index (χ0n) is 10.8. The largest absolute Gasteiger partial charge is 0.468 e. The van der Waals surface area contributed by atoms with E-state index >= 15 is 0 Å². The van der Waals surface area contributed by atoms with Gasteiger partial charge in [-0.25, -0.2) is 9.18 Å². The lowest BCUT2D eigenvalue weighted by atomic mass is 10.1. The summed E-state index contributed by atoms with van der Waals surface area (Å²) in [6, 6.07) is 4.01. The first-order chi connectivity index (χ1) is 9.11. The Labute approximate surface area is 117 Å². The van der Waals surface area contributed by atoms with Crippen LogP contribution in [-0.4, -0.2) is 19.1 Å². The minimum atomic E-state index is -0.591. The molecule has 0 aromatic heterocycles. The summed E-state index contributed by atoms with van der Waals surface area (Å²) in [5.74, 6) is -0.871. The van der Waals surface area contributed by atoms with Crippen molar-refractivity contribution in [2.45, 2.75) is 37.8 Å². The molecule has 104 valence electrons. The third kappa shape index (κ3) is 3.45. The van der Waals surface area contributed by atoms with E-state index in [4.69, 9.17) is 16.3 Å². The number of halogens is 2. The average Bonchev–Trinajstić information content (AvgIpc) is 2.91. The van der Waals surface area contributed by atoms with Crippen molar-refractivity contribution in [3.8, 4) is 0 Å². The Bertz CT molecular complexity index is 461. The van der Waals surface area contributed by atoms with Crippen molar-refractivity contribution in [1.29, 1.82) is 0 Å². The molecule has 2 rings (SSSR count). The molecule has 0 saturated heterocycles. The number of nitrogens with one attached hydrogen (secondary N) is 1. The summed E-state index contributed by atoms with van der Waals surface area (Å²) in [7, 11) is 1.34. The van der Waals surface area contributed by atoms with E-state index in [-0.39, 0.29) is 11.0 Å². The Hall–Kier alpha value is -1.13. The molecule has 1 aromatic rings. The summed E-state index contributed by atoms with van der Waals surface area (Å²) in [6.07, 6.45) is 4.41. The molecule has 0 spiro atoms. The van der Waals surface area contributed by atoms with E-state index in [9.17, 15) is 9.18 Å². The van der Waals surface area contributed by atoms with Gasteiger partial charge >= 0.3 is 5.97 Å². The minimum Gasteiger partial charge on any atom is -0.468 e. The highest BCUT2D eigenvalue weighted by atomic mass is 35.5. The minimum absolute atomic E-state index is 0.0135. The third-order valence-corrected chi connectivity index (χ3v) is 3.76. The van der Waals surface area contributed by atoms with Gasteiger partial charge in [-0.05, 0) is 30.5 Å². The number of hydrogen-bond donors (Lipinski definition) is 1. The average molecular weight is 286 g/mol. The van der Waals surface area contributed by atoms with Gasteiger partial charge < -0.3 is 4.74 Å². The highest BCUT2D eigenvalue weighted by Crippen LogP contribution is 2.25. The lowest BCUT2D eigenvalue weighted by Gasteiger charge is -2.21. The smallest absolute Gasteiger partial charge is 0.327 e. The van der Waals surface area contributed by atoms with Gasteiger partial charge in [-0.3, -0.25) is 5.32 Å². The Morgan fingerprint density at radius 3 is 2.74 bits per heavy atom. The molecule has 1 saturated carbocycles. The van der Waals surface area contributed by atoms with Crippen LogP contribution in [0.15, 0.2) is 18.2 Å². The molecule has 3 nitrogen and oxygen atoms in total. The van der Waals surface area contributed by atoms with Crippen LogP contribution in [0.2, 0.25) is 5.02 Å². The second kappa shape index (κ2) is 6.35. The fourth-order valence-electron chi connectivity index (χ4n) is 2.44. The maximum Gasteiger partial charge on any atom is 0.327 e. The second-order valence-electron chi connectivity index (χ2n) is 4.78. The van der Waals surface area contributed by atoms with Crippen molar-refractivity contribution >= 4 is 17.6 Å². The Kier molecular flexibility index (Phi) is 4.77. The molecule has 0 heterocycles. The predicted molar refractivity (Wildman–Crippen MR) is 71.6 cm³/mol. The fourth-order valence-corrected chi connectivity index (χ4v) is 2.63. The normalized spacial score (nSPS) is 17.4. The monoisotopic (exact) mass is 285 g/mol. The van der Waals surface area contributed by atoms with Crippen LogP contribution in [0.3, 0.4) is 0 Å². The number of hydrogen-bond acceptors (Lipinski definition) is 3. The van der Waals surface area contributed by atoms with Gasteiger partial charge in [-0.1, -0.05) is 30.5 Å². The first-order valence-corrected chi connectivity index (χ1v) is 6.78. The summed E-state index contributed by atoms with van der Waals surface area (Å²) in [5, 5.41) is 3.29. The summed E-state index contributed by atoms with van der Waals surface area (Å²) < 4.78 is 18.0. The third-order valence-electron chi connectivity index (χ3n) is 3.47. The van der Waals surface area contributed by atoms with Gasteiger partial charge in [0.15, 0.2) is 0 Å². The zero-order chi connectivity index (χ0) is 13.8. The highest BCUT2D eigenvalue weighted by molar-refractivity contribution is 6.30. The standard InChI is InChI=1S/C14H17ClFNO2/c1-19-14(18)13(17-10-4-2-3-5-10)9-6-7-12(16)11(15)8-9/h6-8,10,13,17H,2-5H2,1H3. The topological polar surface area (TPSA) is 38.3 Å². The molecule has 1 fully saturated rings. The van der Waals surface area contributed by atoms with Crippen LogP contribution in [0.4, 0.5) is 4.39 Å². The molecule has 19 heavy (non-hydrogen) atoms. The van der Waals surface area contributed by atoms with Crippen molar-refractivity contribution in [3.63, 3.8) is 0 Å². The molecule has 1 aromatic carbocycles. The van der Waals surface area contributed by atoms with E-state index in [0.717, 1.165) is 25.7 Å². The lowest BCUT2D eigenvalue weighted by molar-refractivity contribution is -0.143. The molecule has 0 amide bonds. The molecule has 1 aliphatic rings. The number of rotatable bonds is 4. The predicted octanol–water partition coefficient (Wildman–Crippen LogP) is 3.23. The molecule has 0 radical (unpaired) electrons. The molecule has 0 bridgehead atoms. The van der Waals surface area contributed by atoms with Crippen LogP contribution in [0, 0.1) is 5.82 Å². The van der Waals surface area contributed by atoms with Crippen molar-refractivity contribution in [3.05, 3.63) is 34.6 Å². The Balaban J connectivity index is 2.20. The van der Waals surface area contributed by atoms with Crippen LogP contribution < -0.4 is 5.32 Å².